The number of carbonyl (C=O) groups excluding carboxylic acids is 4. The maximum atomic E-state index is 13.5. The van der Waals surface area contributed by atoms with Gasteiger partial charge in [-0.05, 0) is 80.1 Å². The first-order valence-electron chi connectivity index (χ1n) is 18.5. The number of ether oxygens (including phenoxy) is 2. The third-order valence-corrected chi connectivity index (χ3v) is 9.42. The Kier molecular flexibility index (Phi) is 12.2. The van der Waals surface area contributed by atoms with Crippen LogP contribution in [0.25, 0.3) is 12.2 Å². The van der Waals surface area contributed by atoms with E-state index in [-0.39, 0.29) is 43.4 Å². The van der Waals surface area contributed by atoms with Crippen LogP contribution in [0.1, 0.15) is 62.3 Å². The normalized spacial score (nSPS) is 18.5. The van der Waals surface area contributed by atoms with Crippen molar-refractivity contribution >= 4 is 47.3 Å². The molecule has 2 heterocycles. The molecule has 2 N–H and O–H groups in total. The molecule has 280 valence electrons. The molecule has 2 fully saturated rings. The van der Waals surface area contributed by atoms with Crippen molar-refractivity contribution in [3.8, 4) is 0 Å². The van der Waals surface area contributed by atoms with E-state index in [4.69, 9.17) is 9.47 Å². The first-order valence-corrected chi connectivity index (χ1v) is 18.5. The van der Waals surface area contributed by atoms with Gasteiger partial charge in [0.25, 0.3) is 0 Å². The molecule has 0 aliphatic carbocycles. The molecule has 10 nitrogen and oxygen atoms in total. The number of nitrogens with one attached hydrogen (secondary N) is 2. The minimum atomic E-state index is -0.743. The number of nitrogens with zero attached hydrogens (tertiary/aromatic N) is 2. The maximum absolute atomic E-state index is 13.5. The van der Waals surface area contributed by atoms with Gasteiger partial charge in [0.2, 0.25) is 17.7 Å². The molecule has 0 unspecified atom stereocenters. The van der Waals surface area contributed by atoms with E-state index < -0.39 is 23.8 Å². The molecule has 0 aromatic heterocycles. The molecule has 0 radical (unpaired) electrons. The number of likely N-dealkylation sites (tertiary alicyclic amines) is 2. The van der Waals surface area contributed by atoms with Crippen molar-refractivity contribution < 1.29 is 28.7 Å². The third-order valence-electron chi connectivity index (χ3n) is 9.42. The van der Waals surface area contributed by atoms with Crippen molar-refractivity contribution in [1.29, 1.82) is 0 Å². The molecule has 2 aliphatic rings. The van der Waals surface area contributed by atoms with Crippen molar-refractivity contribution in [2.45, 2.75) is 76.9 Å². The Bertz CT molecular complexity index is 1920. The fourth-order valence-electron chi connectivity index (χ4n) is 6.84. The number of rotatable bonds is 11. The first kappa shape index (κ1) is 38.0. The summed E-state index contributed by atoms with van der Waals surface area (Å²) in [6.45, 7) is 6.81. The summed E-state index contributed by atoms with van der Waals surface area (Å²) < 4.78 is 11.7. The van der Waals surface area contributed by atoms with Crippen LogP contribution < -0.4 is 10.6 Å². The Morgan fingerprint density at radius 3 is 1.80 bits per heavy atom. The van der Waals surface area contributed by atoms with Crippen LogP contribution in [0.4, 0.5) is 16.2 Å². The van der Waals surface area contributed by atoms with Crippen LogP contribution in [-0.4, -0.2) is 70.5 Å². The molecular weight excluding hydrogens is 681 g/mol. The molecule has 10 heteroatoms. The monoisotopic (exact) mass is 728 g/mol. The van der Waals surface area contributed by atoms with E-state index in [2.05, 4.69) is 10.6 Å². The van der Waals surface area contributed by atoms with Gasteiger partial charge in [-0.3, -0.25) is 19.3 Å². The Labute approximate surface area is 317 Å². The van der Waals surface area contributed by atoms with Crippen LogP contribution in [0.15, 0.2) is 109 Å². The highest BCUT2D eigenvalue weighted by Gasteiger charge is 2.42. The quantitative estimate of drug-likeness (QED) is 0.154. The van der Waals surface area contributed by atoms with Crippen LogP contribution in [0, 0.1) is 0 Å². The van der Waals surface area contributed by atoms with Crippen LogP contribution in [-0.2, 0) is 36.9 Å². The van der Waals surface area contributed by atoms with Gasteiger partial charge in [0.1, 0.15) is 18.7 Å². The van der Waals surface area contributed by atoms with Crippen LogP contribution in [0.3, 0.4) is 0 Å². The van der Waals surface area contributed by atoms with E-state index in [1.165, 1.54) is 4.90 Å². The van der Waals surface area contributed by atoms with Gasteiger partial charge >= 0.3 is 6.09 Å². The Balaban J connectivity index is 1.01. The second-order valence-electron chi connectivity index (χ2n) is 14.8. The summed E-state index contributed by atoms with van der Waals surface area (Å²) in [5.74, 6) is -0.514. The largest absolute Gasteiger partial charge is 0.445 e. The number of amides is 4. The maximum Gasteiger partial charge on any atom is 0.410 e. The molecule has 2 aliphatic heterocycles. The molecule has 0 spiro atoms. The van der Waals surface area contributed by atoms with Crippen molar-refractivity contribution in [3.63, 3.8) is 0 Å². The lowest BCUT2D eigenvalue weighted by Crippen LogP contribution is -2.43. The predicted octanol–water partition coefficient (Wildman–Crippen LogP) is 7.56. The minimum absolute atomic E-state index is 0.0354. The highest BCUT2D eigenvalue weighted by molar-refractivity contribution is 5.98. The van der Waals surface area contributed by atoms with Crippen molar-refractivity contribution in [2.75, 3.05) is 23.7 Å². The Hall–Kier alpha value is -5.74. The van der Waals surface area contributed by atoms with Crippen molar-refractivity contribution in [3.05, 3.63) is 131 Å². The summed E-state index contributed by atoms with van der Waals surface area (Å²) in [6.07, 6.45) is 5.16. The van der Waals surface area contributed by atoms with E-state index in [0.717, 1.165) is 28.7 Å². The molecule has 6 rings (SSSR count). The molecule has 0 saturated carbocycles. The van der Waals surface area contributed by atoms with Gasteiger partial charge in [-0.25, -0.2) is 4.79 Å². The summed E-state index contributed by atoms with van der Waals surface area (Å²) in [6, 6.07) is 32.8. The number of benzene rings is 4. The van der Waals surface area contributed by atoms with Gasteiger partial charge in [-0.1, -0.05) is 97.1 Å². The molecule has 3 atom stereocenters. The molecule has 2 saturated heterocycles. The molecule has 0 bridgehead atoms. The molecule has 4 aromatic carbocycles. The lowest BCUT2D eigenvalue weighted by atomic mass is 10.1. The van der Waals surface area contributed by atoms with Crippen molar-refractivity contribution in [1.82, 2.24) is 9.80 Å². The average Bonchev–Trinajstić information content (AvgIpc) is 3.83. The number of carbonyl (C=O) groups is 4. The lowest BCUT2D eigenvalue weighted by Gasteiger charge is -2.25. The summed E-state index contributed by atoms with van der Waals surface area (Å²) in [5, 5.41) is 5.95. The SMILES string of the molecule is CC(C)(C)O[C@@H]1C[C@@H](C(=O)Nc2ccc(C=Cc3ccc(NC(=O)[C@@H]4CCCN4C(=O)Cc4ccccc4)cc3)cc2)N(C(=O)OCc2ccccc2)C1. The van der Waals surface area contributed by atoms with Gasteiger partial charge < -0.3 is 25.0 Å². The number of anilines is 2. The zero-order valence-corrected chi connectivity index (χ0v) is 31.1. The van der Waals surface area contributed by atoms with E-state index in [0.29, 0.717) is 30.8 Å². The van der Waals surface area contributed by atoms with Crippen molar-refractivity contribution in [2.24, 2.45) is 0 Å². The molecule has 54 heavy (non-hydrogen) atoms. The second kappa shape index (κ2) is 17.4. The fraction of sp³-hybridized carbons (Fsp3) is 0.318. The standard InChI is InChI=1S/C44H48N4O6/c1-44(2,3)54-37-28-39(48(29-37)43(52)53-30-34-13-8-5-9-14-34)42(51)46-36-24-20-32(21-25-36)17-16-31-18-22-35(23-19-31)45-41(50)38-15-10-26-47(38)40(49)27-33-11-6-4-7-12-33/h4-9,11-14,16-25,37-39H,10,15,26-30H2,1-3H3,(H,45,50)(H,46,51)/t37-,38+,39+/m1/s1. The first-order chi connectivity index (χ1) is 26.0. The Morgan fingerprint density at radius 2 is 1.24 bits per heavy atom. The molecule has 4 aromatic rings. The zero-order chi connectivity index (χ0) is 38.1. The third kappa shape index (κ3) is 10.4. The molecule has 4 amide bonds. The molecular formula is C44H48N4O6. The van der Waals surface area contributed by atoms with E-state index >= 15 is 0 Å². The highest BCUT2D eigenvalue weighted by atomic mass is 16.6. The van der Waals surface area contributed by atoms with E-state index in [9.17, 15) is 19.2 Å². The summed E-state index contributed by atoms with van der Waals surface area (Å²) in [7, 11) is 0. The van der Waals surface area contributed by atoms with Gasteiger partial charge in [0.15, 0.2) is 0 Å². The van der Waals surface area contributed by atoms with Gasteiger partial charge in [-0.2, -0.15) is 0 Å². The Morgan fingerprint density at radius 1 is 0.704 bits per heavy atom. The zero-order valence-electron chi connectivity index (χ0n) is 31.1. The van der Waals surface area contributed by atoms with E-state index in [1.54, 1.807) is 4.90 Å². The lowest BCUT2D eigenvalue weighted by molar-refractivity contribution is -0.136. The van der Waals surface area contributed by atoms with E-state index in [1.807, 2.05) is 142 Å². The van der Waals surface area contributed by atoms with Gasteiger partial charge in [0.05, 0.1) is 24.7 Å². The van der Waals surface area contributed by atoms with Crippen LogP contribution in [0.5, 0.6) is 0 Å². The summed E-state index contributed by atoms with van der Waals surface area (Å²) >= 11 is 0. The average molecular weight is 729 g/mol. The predicted molar refractivity (Wildman–Crippen MR) is 210 cm³/mol. The highest BCUT2D eigenvalue weighted by Crippen LogP contribution is 2.27. The number of hydrogen-bond donors (Lipinski definition) is 2. The fourth-order valence-corrected chi connectivity index (χ4v) is 6.84. The van der Waals surface area contributed by atoms with Gasteiger partial charge in [0, 0.05) is 24.3 Å². The second-order valence-corrected chi connectivity index (χ2v) is 14.8. The number of hydrogen-bond acceptors (Lipinski definition) is 6. The van der Waals surface area contributed by atoms with Crippen LogP contribution in [0.2, 0.25) is 0 Å². The summed E-state index contributed by atoms with van der Waals surface area (Å²) in [4.78, 5) is 56.0. The summed E-state index contributed by atoms with van der Waals surface area (Å²) in [5.41, 5.74) is 4.52. The smallest absolute Gasteiger partial charge is 0.410 e. The van der Waals surface area contributed by atoms with Crippen LogP contribution >= 0.6 is 0 Å². The van der Waals surface area contributed by atoms with Gasteiger partial charge in [-0.15, -0.1) is 0 Å². The minimum Gasteiger partial charge on any atom is -0.445 e. The topological polar surface area (TPSA) is 117 Å².